The predicted octanol–water partition coefficient (Wildman–Crippen LogP) is 2.76. The number of nitrogens with one attached hydrogen (secondary N) is 1. The molecule has 6 nitrogen and oxygen atoms in total. The van der Waals surface area contributed by atoms with Crippen molar-refractivity contribution in [2.24, 2.45) is 0 Å². The van der Waals surface area contributed by atoms with Gasteiger partial charge in [0.05, 0.1) is 0 Å². The van der Waals surface area contributed by atoms with Gasteiger partial charge >= 0.3 is 11.9 Å². The van der Waals surface area contributed by atoms with Gasteiger partial charge in [0.2, 0.25) is 17.7 Å². The molecule has 0 spiro atoms. The number of hydrogen-bond acceptors (Lipinski definition) is 3. The lowest BCUT2D eigenvalue weighted by atomic mass is 10.2. The van der Waals surface area contributed by atoms with Crippen LogP contribution in [0.1, 0.15) is 5.56 Å². The Morgan fingerprint density at radius 2 is 1.66 bits per heavy atom. The Morgan fingerprint density at radius 3 is 2.41 bits per heavy atom. The molecule has 3 N–H and O–H groups in total. The third-order valence-electron chi connectivity index (χ3n) is 4.71. The fraction of sp³-hybridized carbons (Fsp3) is 0.0870. The van der Waals surface area contributed by atoms with E-state index in [1.165, 1.54) is 9.13 Å². The number of para-hydroxylation sites is 2. The molecule has 1 aromatic heterocycles. The Bertz CT molecular complexity index is 1210. The molecular weight excluding hydrogens is 366 g/mol. The smallest absolute Gasteiger partial charge is 0.459 e. The molecule has 4 aromatic rings. The molecule has 0 unspecified atom stereocenters. The second kappa shape index (κ2) is 7.59. The van der Waals surface area contributed by atoms with Crippen molar-refractivity contribution >= 4 is 22.5 Å². The lowest BCUT2D eigenvalue weighted by Gasteiger charge is -2.06. The molecule has 0 saturated heterocycles. The number of amides is 1. The second-order valence-corrected chi connectivity index (χ2v) is 6.82. The maximum atomic E-state index is 12.7. The molecule has 3 aromatic carbocycles. The van der Waals surface area contributed by atoms with Crippen molar-refractivity contribution in [1.82, 2.24) is 0 Å². The van der Waals surface area contributed by atoms with E-state index in [9.17, 15) is 15.0 Å². The first-order valence-electron chi connectivity index (χ1n) is 9.25. The van der Waals surface area contributed by atoms with Crippen LogP contribution >= 0.6 is 0 Å². The van der Waals surface area contributed by atoms with Gasteiger partial charge in [-0.1, -0.05) is 47.0 Å². The van der Waals surface area contributed by atoms with Crippen molar-refractivity contribution in [2.75, 3.05) is 5.32 Å². The van der Waals surface area contributed by atoms with Gasteiger partial charge in [-0.2, -0.15) is 0 Å². The summed E-state index contributed by atoms with van der Waals surface area (Å²) in [5.74, 6) is -0.383. The maximum Gasteiger partial charge on any atom is 0.638 e. The van der Waals surface area contributed by atoms with Gasteiger partial charge < -0.3 is 15.5 Å². The lowest BCUT2D eigenvalue weighted by molar-refractivity contribution is -0.774. The minimum absolute atomic E-state index is 0.0976. The quantitative estimate of drug-likeness (QED) is 0.471. The zero-order valence-corrected chi connectivity index (χ0v) is 15.9. The number of aromatic nitrogens is 2. The summed E-state index contributed by atoms with van der Waals surface area (Å²) in [5, 5.41) is 25.1. The Labute approximate surface area is 167 Å². The van der Waals surface area contributed by atoms with Crippen molar-refractivity contribution in [2.45, 2.75) is 13.5 Å². The number of carbonyl (C=O) groups is 1. The highest BCUT2D eigenvalue weighted by Crippen LogP contribution is 2.22. The van der Waals surface area contributed by atoms with E-state index in [1.54, 1.807) is 36.4 Å². The standard InChI is InChI=1S/C23H19N3O3/c1-16-8-7-9-17(14-16)24-21(27)15-25-20-13-6-5-12-19(20)22(28)26(23(25)29)18-10-3-2-4-11-18/h2-14H,15H2,1H3,(H,24,27)/p+2. The lowest BCUT2D eigenvalue weighted by Crippen LogP contribution is -2.49. The zero-order valence-electron chi connectivity index (χ0n) is 15.9. The van der Waals surface area contributed by atoms with E-state index in [0.717, 1.165) is 5.56 Å². The average molecular weight is 387 g/mol. The van der Waals surface area contributed by atoms with Crippen LogP contribution < -0.4 is 14.5 Å². The SMILES string of the molecule is Cc1cccc(NC(=O)C[n+]2c(O)[n+](-c3ccccc3)c(O)c3ccccc32)c1. The second-order valence-electron chi connectivity index (χ2n) is 6.82. The van der Waals surface area contributed by atoms with Gasteiger partial charge in [-0.3, -0.25) is 4.79 Å². The van der Waals surface area contributed by atoms with Crippen molar-refractivity contribution in [3.05, 3.63) is 84.4 Å². The molecule has 0 atom stereocenters. The van der Waals surface area contributed by atoms with Gasteiger partial charge in [0, 0.05) is 23.9 Å². The van der Waals surface area contributed by atoms with Gasteiger partial charge in [-0.25, -0.2) is 0 Å². The maximum absolute atomic E-state index is 12.7. The van der Waals surface area contributed by atoms with Crippen LogP contribution in [0.3, 0.4) is 0 Å². The number of benzene rings is 3. The van der Waals surface area contributed by atoms with Gasteiger partial charge in [0.25, 0.3) is 5.91 Å². The largest absolute Gasteiger partial charge is 0.638 e. The molecule has 1 amide bonds. The number of aryl methyl sites for hydroxylation is 1. The van der Waals surface area contributed by atoms with Crippen LogP contribution in [0.25, 0.3) is 16.6 Å². The van der Waals surface area contributed by atoms with Crippen LogP contribution in [0.4, 0.5) is 5.69 Å². The summed E-state index contributed by atoms with van der Waals surface area (Å²) >= 11 is 0. The first kappa shape index (κ1) is 18.4. The number of carbonyl (C=O) groups excluding carboxylic acids is 1. The van der Waals surface area contributed by atoms with Crippen LogP contribution in [-0.2, 0) is 11.3 Å². The van der Waals surface area contributed by atoms with E-state index in [-0.39, 0.29) is 24.3 Å². The topological polar surface area (TPSA) is 77.3 Å². The number of rotatable bonds is 4. The molecule has 0 fully saturated rings. The Morgan fingerprint density at radius 1 is 0.931 bits per heavy atom. The summed E-state index contributed by atoms with van der Waals surface area (Å²) in [7, 11) is 0. The fourth-order valence-electron chi connectivity index (χ4n) is 3.38. The summed E-state index contributed by atoms with van der Waals surface area (Å²) in [6, 6.07) is 23.4. The van der Waals surface area contributed by atoms with Gasteiger partial charge in [-0.05, 0) is 35.3 Å². The Hall–Kier alpha value is -3.93. The number of hydrogen-bond donors (Lipinski definition) is 3. The highest BCUT2D eigenvalue weighted by atomic mass is 16.3. The van der Waals surface area contributed by atoms with E-state index in [2.05, 4.69) is 5.32 Å². The van der Waals surface area contributed by atoms with E-state index < -0.39 is 0 Å². The normalized spacial score (nSPS) is 10.8. The van der Waals surface area contributed by atoms with Crippen molar-refractivity contribution in [3.8, 4) is 17.6 Å². The first-order valence-corrected chi connectivity index (χ1v) is 9.25. The summed E-state index contributed by atoms with van der Waals surface area (Å²) in [4.78, 5) is 12.7. The summed E-state index contributed by atoms with van der Waals surface area (Å²) in [6.45, 7) is 1.83. The molecular formula is C23H21N3O3+2. The van der Waals surface area contributed by atoms with Crippen LogP contribution in [0, 0.1) is 6.92 Å². The minimum atomic E-state index is -0.286. The molecule has 0 radical (unpaired) electrons. The Balaban J connectivity index is 1.80. The molecule has 6 heteroatoms. The third kappa shape index (κ3) is 3.60. The molecule has 4 rings (SSSR count). The van der Waals surface area contributed by atoms with Crippen molar-refractivity contribution < 1.29 is 24.1 Å². The first-order chi connectivity index (χ1) is 14.0. The van der Waals surface area contributed by atoms with E-state index in [0.29, 0.717) is 22.3 Å². The van der Waals surface area contributed by atoms with Crippen LogP contribution in [0.2, 0.25) is 0 Å². The summed E-state index contributed by atoms with van der Waals surface area (Å²) in [6.07, 6.45) is 0. The summed E-state index contributed by atoms with van der Waals surface area (Å²) < 4.78 is 2.80. The van der Waals surface area contributed by atoms with Crippen LogP contribution in [-0.4, -0.2) is 16.1 Å². The van der Waals surface area contributed by atoms with E-state index >= 15 is 0 Å². The van der Waals surface area contributed by atoms with Gasteiger partial charge in [0.1, 0.15) is 0 Å². The highest BCUT2D eigenvalue weighted by Gasteiger charge is 2.36. The van der Waals surface area contributed by atoms with Gasteiger partial charge in [0.15, 0.2) is 5.39 Å². The van der Waals surface area contributed by atoms with E-state index in [1.807, 2.05) is 49.4 Å². The monoisotopic (exact) mass is 387 g/mol. The van der Waals surface area contributed by atoms with Crippen molar-refractivity contribution in [1.29, 1.82) is 0 Å². The van der Waals surface area contributed by atoms with Crippen LogP contribution in [0.5, 0.6) is 11.9 Å². The zero-order chi connectivity index (χ0) is 20.4. The molecule has 29 heavy (non-hydrogen) atoms. The molecule has 144 valence electrons. The van der Waals surface area contributed by atoms with E-state index in [4.69, 9.17) is 0 Å². The molecule has 0 aliphatic rings. The molecule has 0 bridgehead atoms. The Kier molecular flexibility index (Phi) is 4.83. The number of fused-ring (bicyclic) bond motifs is 1. The molecule has 0 aliphatic heterocycles. The number of aromatic hydroxyl groups is 2. The predicted molar refractivity (Wildman–Crippen MR) is 109 cm³/mol. The summed E-state index contributed by atoms with van der Waals surface area (Å²) in [5.41, 5.74) is 2.86. The third-order valence-corrected chi connectivity index (χ3v) is 4.71. The van der Waals surface area contributed by atoms with Crippen molar-refractivity contribution in [3.63, 3.8) is 0 Å². The minimum Gasteiger partial charge on any atom is -0.459 e. The van der Waals surface area contributed by atoms with Crippen LogP contribution in [0.15, 0.2) is 78.9 Å². The highest BCUT2D eigenvalue weighted by molar-refractivity contribution is 5.90. The average Bonchev–Trinajstić information content (AvgIpc) is 2.72. The number of nitrogens with zero attached hydrogens (tertiary/aromatic N) is 2. The van der Waals surface area contributed by atoms with Gasteiger partial charge in [-0.15, -0.1) is 0 Å². The fourth-order valence-corrected chi connectivity index (χ4v) is 3.38. The molecule has 0 saturated carbocycles. The molecule has 1 heterocycles. The molecule has 0 aliphatic carbocycles. The number of anilines is 1.